The Morgan fingerprint density at radius 2 is 1.11 bits per heavy atom. The molecule has 0 saturated heterocycles. The van der Waals surface area contributed by atoms with Gasteiger partial charge in [-0.15, -0.1) is 0 Å². The van der Waals surface area contributed by atoms with Crippen molar-refractivity contribution in [3.63, 3.8) is 0 Å². The summed E-state index contributed by atoms with van der Waals surface area (Å²) in [5.41, 5.74) is 6.08. The molecule has 46 heavy (non-hydrogen) atoms. The van der Waals surface area contributed by atoms with Crippen LogP contribution in [0.2, 0.25) is 0 Å². The molecule has 0 spiro atoms. The van der Waals surface area contributed by atoms with Crippen molar-refractivity contribution in [2.24, 2.45) is 11.7 Å². The average Bonchev–Trinajstić information content (AvgIpc) is 3.00. The van der Waals surface area contributed by atoms with Crippen molar-refractivity contribution >= 4 is 17.9 Å². The summed E-state index contributed by atoms with van der Waals surface area (Å²) in [6.45, 7) is 6.77. The highest BCUT2D eigenvalue weighted by atomic mass is 16.5. The van der Waals surface area contributed by atoms with Crippen LogP contribution in [0.25, 0.3) is 0 Å². The molecule has 0 saturated carbocycles. The van der Waals surface area contributed by atoms with E-state index in [1.165, 1.54) is 109 Å². The quantitative estimate of drug-likeness (QED) is 0.0612. The van der Waals surface area contributed by atoms with Crippen LogP contribution in [0.1, 0.15) is 161 Å². The van der Waals surface area contributed by atoms with Gasteiger partial charge in [-0.25, -0.2) is 0 Å². The van der Waals surface area contributed by atoms with Gasteiger partial charge in [-0.05, 0) is 42.9 Å². The number of carbonyl (C=O) groups is 3. The van der Waals surface area contributed by atoms with Crippen LogP contribution < -0.4 is 10.5 Å². The van der Waals surface area contributed by atoms with Gasteiger partial charge in [-0.3, -0.25) is 14.4 Å². The van der Waals surface area contributed by atoms with Crippen LogP contribution in [-0.2, 0) is 20.8 Å². The number of ether oxygens (including phenoxy) is 1. The van der Waals surface area contributed by atoms with Crippen LogP contribution >= 0.6 is 0 Å². The first-order valence-electron chi connectivity index (χ1n) is 17.7. The lowest BCUT2D eigenvalue weighted by atomic mass is 10.0. The average molecular weight is 654 g/mol. The van der Waals surface area contributed by atoms with E-state index in [4.69, 9.17) is 25.8 Å². The molecule has 0 aliphatic carbocycles. The summed E-state index contributed by atoms with van der Waals surface area (Å²) in [6, 6.07) is 3.68. The van der Waals surface area contributed by atoms with Crippen LogP contribution in [0.5, 0.6) is 11.5 Å². The number of aromatic hydroxyl groups is 1. The maximum absolute atomic E-state index is 10.5. The Morgan fingerprint density at radius 1 is 0.696 bits per heavy atom. The fraction of sp³-hybridized carbons (Fsp3) is 0.757. The van der Waals surface area contributed by atoms with Crippen molar-refractivity contribution in [2.45, 2.75) is 168 Å². The lowest BCUT2D eigenvalue weighted by Crippen LogP contribution is -2.32. The van der Waals surface area contributed by atoms with E-state index < -0.39 is 23.9 Å². The van der Waals surface area contributed by atoms with Gasteiger partial charge in [0.15, 0.2) is 11.5 Å². The van der Waals surface area contributed by atoms with Gasteiger partial charge in [-0.1, -0.05) is 136 Å². The molecule has 0 aliphatic rings. The Hall–Kier alpha value is -2.81. The fourth-order valence-corrected chi connectivity index (χ4v) is 4.84. The number of nitrogens with two attached hydrogens (primary N) is 1. The minimum absolute atomic E-state index is 0.0187. The molecule has 9 nitrogen and oxygen atoms in total. The first-order valence-corrected chi connectivity index (χ1v) is 17.7. The van der Waals surface area contributed by atoms with Crippen LogP contribution in [0, 0.1) is 5.92 Å². The van der Waals surface area contributed by atoms with E-state index in [1.807, 2.05) is 0 Å². The number of rotatable bonds is 26. The first-order chi connectivity index (χ1) is 21.9. The van der Waals surface area contributed by atoms with Crippen molar-refractivity contribution in [3.8, 4) is 11.5 Å². The van der Waals surface area contributed by atoms with Crippen LogP contribution in [0.3, 0.4) is 0 Å². The van der Waals surface area contributed by atoms with Crippen LogP contribution in [-0.4, -0.2) is 51.5 Å². The number of phenolic OH excluding ortho intramolecular Hbond substituents is 1. The molecule has 6 N–H and O–H groups in total. The molecule has 1 unspecified atom stereocenters. The predicted octanol–water partition coefficient (Wildman–Crippen LogP) is 9.37. The Balaban J connectivity index is 0. The molecule has 268 valence electrons. The second-order valence-corrected chi connectivity index (χ2v) is 12.6. The molecular weight excluding hydrogens is 586 g/mol. The minimum atomic E-state index is -1.05. The molecule has 0 amide bonds. The number of carboxylic acids is 3. The monoisotopic (exact) mass is 653 g/mol. The number of benzene rings is 1. The molecule has 0 heterocycles. The molecule has 1 aromatic rings. The highest BCUT2D eigenvalue weighted by Crippen LogP contribution is 2.26. The summed E-state index contributed by atoms with van der Waals surface area (Å²) < 4.78 is 4.89. The van der Waals surface area contributed by atoms with Gasteiger partial charge in [-0.2, -0.15) is 0 Å². The summed E-state index contributed by atoms with van der Waals surface area (Å²) in [5, 5.41) is 34.7. The Labute approximate surface area is 279 Å². The minimum Gasteiger partial charge on any atom is -0.504 e. The summed E-state index contributed by atoms with van der Waals surface area (Å²) in [5.74, 6) is -1.18. The van der Waals surface area contributed by atoms with Gasteiger partial charge in [0.05, 0.1) is 7.11 Å². The summed E-state index contributed by atoms with van der Waals surface area (Å²) in [7, 11) is 1.43. The highest BCUT2D eigenvalue weighted by molar-refractivity contribution is 5.73. The van der Waals surface area contributed by atoms with Gasteiger partial charge in [0.25, 0.3) is 0 Å². The van der Waals surface area contributed by atoms with E-state index in [1.54, 1.807) is 12.1 Å². The van der Waals surface area contributed by atoms with Gasteiger partial charge in [0.1, 0.15) is 6.04 Å². The number of hydrogen-bond acceptors (Lipinski definition) is 6. The number of unbranched alkanes of at least 4 members (excludes halogenated alkanes) is 16. The maximum Gasteiger partial charge on any atom is 0.320 e. The first kappa shape index (κ1) is 45.3. The molecule has 1 atom stereocenters. The normalized spacial score (nSPS) is 11.2. The van der Waals surface area contributed by atoms with Gasteiger partial charge < -0.3 is 30.9 Å². The number of methoxy groups -OCH3 is 1. The third kappa shape index (κ3) is 32.6. The van der Waals surface area contributed by atoms with E-state index in [0.717, 1.165) is 31.6 Å². The molecular formula is C37H67NO8. The second kappa shape index (κ2) is 32.1. The molecule has 0 fully saturated rings. The van der Waals surface area contributed by atoms with Crippen LogP contribution in [0.15, 0.2) is 18.2 Å². The van der Waals surface area contributed by atoms with E-state index in [9.17, 15) is 19.5 Å². The van der Waals surface area contributed by atoms with Crippen molar-refractivity contribution < 1.29 is 39.5 Å². The van der Waals surface area contributed by atoms with Crippen LogP contribution in [0.4, 0.5) is 0 Å². The van der Waals surface area contributed by atoms with Crippen molar-refractivity contribution in [2.75, 3.05) is 7.11 Å². The molecule has 0 radical (unpaired) electrons. The van der Waals surface area contributed by atoms with Crippen molar-refractivity contribution in [1.29, 1.82) is 0 Å². The molecule has 9 heteroatoms. The van der Waals surface area contributed by atoms with Gasteiger partial charge >= 0.3 is 17.9 Å². The lowest BCUT2D eigenvalue weighted by molar-refractivity contribution is -0.139. The largest absolute Gasteiger partial charge is 0.504 e. The number of phenols is 1. The maximum atomic E-state index is 10.5. The summed E-state index contributed by atoms with van der Waals surface area (Å²) in [6.07, 6.45) is 24.9. The zero-order chi connectivity index (χ0) is 35.0. The van der Waals surface area contributed by atoms with E-state index in [2.05, 4.69) is 20.8 Å². The molecule has 0 aliphatic heterocycles. The standard InChI is InChI=1S/C19H38O2.C10H13NO4.C8H16O2/c1-18(2)16-14-12-10-8-6-4-3-5-7-9-11-13-15-17-19(20)21;1-15-9-5-6(2-3-8(9)12)4-7(11)10(13)14;1-2-3-4-5-6-7-8(9)10/h18H,3-17H2,1-2H3,(H,20,21);2-3,5,7,12H,4,11H2,1H3,(H,13,14);2-7H2,1H3,(H,9,10). The predicted molar refractivity (Wildman–Crippen MR) is 187 cm³/mol. The Morgan fingerprint density at radius 3 is 1.48 bits per heavy atom. The van der Waals surface area contributed by atoms with Crippen molar-refractivity contribution in [3.05, 3.63) is 23.8 Å². The number of aliphatic carboxylic acids is 3. The zero-order valence-corrected chi connectivity index (χ0v) is 29.4. The van der Waals surface area contributed by atoms with E-state index >= 15 is 0 Å². The molecule has 1 rings (SSSR count). The topological polar surface area (TPSA) is 167 Å². The van der Waals surface area contributed by atoms with Crippen molar-refractivity contribution in [1.82, 2.24) is 0 Å². The summed E-state index contributed by atoms with van der Waals surface area (Å²) >= 11 is 0. The molecule has 1 aromatic carbocycles. The molecule has 0 aromatic heterocycles. The zero-order valence-electron chi connectivity index (χ0n) is 29.4. The molecule has 0 bridgehead atoms. The second-order valence-electron chi connectivity index (χ2n) is 12.6. The lowest BCUT2D eigenvalue weighted by Gasteiger charge is -2.08. The van der Waals surface area contributed by atoms with Gasteiger partial charge in [0.2, 0.25) is 0 Å². The SMILES string of the molecule is CC(C)CCCCCCCCCCCCCCCC(=O)O.CCCCCCCC(=O)O.COc1cc(CC(N)C(=O)O)ccc1O. The number of hydrogen-bond donors (Lipinski definition) is 5. The third-order valence-electron chi connectivity index (χ3n) is 7.68. The summed E-state index contributed by atoms with van der Waals surface area (Å²) in [4.78, 5) is 30.9. The number of carboxylic acid groups (broad SMARTS) is 3. The van der Waals surface area contributed by atoms with Gasteiger partial charge in [0, 0.05) is 12.8 Å². The fourth-order valence-electron chi connectivity index (χ4n) is 4.84. The Bertz CT molecular complexity index is 890. The smallest absolute Gasteiger partial charge is 0.320 e. The highest BCUT2D eigenvalue weighted by Gasteiger charge is 2.13. The third-order valence-corrected chi connectivity index (χ3v) is 7.68. The Kier molecular flexibility index (Phi) is 31.7. The van der Waals surface area contributed by atoms with E-state index in [-0.39, 0.29) is 12.2 Å². The van der Waals surface area contributed by atoms with E-state index in [0.29, 0.717) is 24.2 Å².